The maximum atomic E-state index is 12.4. The number of thiophene rings is 1. The Balaban J connectivity index is 2.16. The van der Waals surface area contributed by atoms with Gasteiger partial charge in [-0.2, -0.15) is 0 Å². The molecule has 1 amide bonds. The molecule has 2 atom stereocenters. The third-order valence-electron chi connectivity index (χ3n) is 3.23. The van der Waals surface area contributed by atoms with E-state index in [9.17, 15) is 4.79 Å². The fraction of sp³-hybridized carbons (Fsp3) is 0.583. The van der Waals surface area contributed by atoms with E-state index in [-0.39, 0.29) is 18.0 Å². The van der Waals surface area contributed by atoms with Gasteiger partial charge in [0.2, 0.25) is 0 Å². The van der Waals surface area contributed by atoms with Gasteiger partial charge in [-0.3, -0.25) is 4.79 Å². The molecule has 0 radical (unpaired) electrons. The number of hydrogen-bond acceptors (Lipinski definition) is 3. The lowest BCUT2D eigenvalue weighted by Crippen LogP contribution is -2.51. The number of piperidine rings is 1. The third kappa shape index (κ3) is 2.89. The SMILES string of the molecule is C[C@@H](N)[C@H]1CCCCN1C(=O)c1csc(Br)c1. The molecule has 1 aromatic rings. The lowest BCUT2D eigenvalue weighted by molar-refractivity contribution is 0.0584. The largest absolute Gasteiger partial charge is 0.334 e. The molecule has 94 valence electrons. The number of nitrogens with zero attached hydrogens (tertiary/aromatic N) is 1. The molecule has 3 nitrogen and oxygen atoms in total. The predicted molar refractivity (Wildman–Crippen MR) is 74.3 cm³/mol. The second kappa shape index (κ2) is 5.50. The zero-order chi connectivity index (χ0) is 12.4. The van der Waals surface area contributed by atoms with Crippen LogP contribution in [0, 0.1) is 0 Å². The Morgan fingerprint density at radius 3 is 3.00 bits per heavy atom. The van der Waals surface area contributed by atoms with Crippen LogP contribution in [0.1, 0.15) is 36.5 Å². The minimum Gasteiger partial charge on any atom is -0.334 e. The van der Waals surface area contributed by atoms with Gasteiger partial charge >= 0.3 is 0 Å². The number of carbonyl (C=O) groups is 1. The second-order valence-electron chi connectivity index (χ2n) is 4.56. The fourth-order valence-corrected chi connectivity index (χ4v) is 3.47. The molecule has 1 aliphatic rings. The van der Waals surface area contributed by atoms with Crippen LogP contribution in [0.4, 0.5) is 0 Å². The number of rotatable bonds is 2. The van der Waals surface area contributed by atoms with Gasteiger partial charge in [0.05, 0.1) is 9.35 Å². The average Bonchev–Trinajstić information content (AvgIpc) is 2.75. The quantitative estimate of drug-likeness (QED) is 0.912. The summed E-state index contributed by atoms with van der Waals surface area (Å²) in [7, 11) is 0. The second-order valence-corrected chi connectivity index (χ2v) is 6.85. The van der Waals surface area contributed by atoms with Crippen LogP contribution in [0.2, 0.25) is 0 Å². The van der Waals surface area contributed by atoms with Crippen molar-refractivity contribution in [2.24, 2.45) is 5.73 Å². The van der Waals surface area contributed by atoms with Crippen LogP contribution in [-0.2, 0) is 0 Å². The van der Waals surface area contributed by atoms with Gasteiger partial charge in [-0.15, -0.1) is 11.3 Å². The molecule has 0 unspecified atom stereocenters. The van der Waals surface area contributed by atoms with Crippen molar-refractivity contribution in [3.05, 3.63) is 20.8 Å². The zero-order valence-corrected chi connectivity index (χ0v) is 12.3. The van der Waals surface area contributed by atoms with Crippen LogP contribution < -0.4 is 5.73 Å². The van der Waals surface area contributed by atoms with E-state index in [0.717, 1.165) is 28.7 Å². The molecule has 0 bridgehead atoms. The van der Waals surface area contributed by atoms with Crippen LogP contribution >= 0.6 is 27.3 Å². The highest BCUT2D eigenvalue weighted by Gasteiger charge is 2.30. The van der Waals surface area contributed by atoms with Crippen molar-refractivity contribution in [1.82, 2.24) is 4.90 Å². The molecular weight excluding hydrogens is 300 g/mol. The van der Waals surface area contributed by atoms with Gasteiger partial charge in [0, 0.05) is 24.0 Å². The summed E-state index contributed by atoms with van der Waals surface area (Å²) in [4.78, 5) is 14.3. The van der Waals surface area contributed by atoms with Gasteiger partial charge in [0.15, 0.2) is 0 Å². The number of halogens is 1. The van der Waals surface area contributed by atoms with E-state index in [4.69, 9.17) is 5.73 Å². The van der Waals surface area contributed by atoms with E-state index in [2.05, 4.69) is 15.9 Å². The number of nitrogens with two attached hydrogens (primary N) is 1. The minimum absolute atomic E-state index is 0.0429. The number of likely N-dealkylation sites (tertiary alicyclic amines) is 1. The minimum atomic E-state index is 0.0429. The van der Waals surface area contributed by atoms with Gasteiger partial charge < -0.3 is 10.6 Å². The maximum Gasteiger partial charge on any atom is 0.255 e. The van der Waals surface area contributed by atoms with Crippen molar-refractivity contribution in [2.45, 2.75) is 38.3 Å². The summed E-state index contributed by atoms with van der Waals surface area (Å²) in [6.45, 7) is 2.82. The molecule has 17 heavy (non-hydrogen) atoms. The first-order chi connectivity index (χ1) is 8.09. The van der Waals surface area contributed by atoms with Gasteiger partial charge in [-0.1, -0.05) is 0 Å². The topological polar surface area (TPSA) is 46.3 Å². The first-order valence-corrected chi connectivity index (χ1v) is 7.57. The van der Waals surface area contributed by atoms with Gasteiger partial charge in [-0.05, 0) is 48.2 Å². The Kier molecular flexibility index (Phi) is 4.22. The van der Waals surface area contributed by atoms with Crippen molar-refractivity contribution < 1.29 is 4.79 Å². The molecule has 1 fully saturated rings. The molecule has 0 aromatic carbocycles. The van der Waals surface area contributed by atoms with E-state index >= 15 is 0 Å². The molecule has 5 heteroatoms. The van der Waals surface area contributed by atoms with Crippen molar-refractivity contribution in [3.8, 4) is 0 Å². The van der Waals surface area contributed by atoms with Crippen LogP contribution in [0.25, 0.3) is 0 Å². The Hall–Kier alpha value is -0.390. The van der Waals surface area contributed by atoms with Crippen LogP contribution in [0.3, 0.4) is 0 Å². The summed E-state index contributed by atoms with van der Waals surface area (Å²) >= 11 is 4.94. The van der Waals surface area contributed by atoms with Crippen molar-refractivity contribution in [2.75, 3.05) is 6.54 Å². The Morgan fingerprint density at radius 2 is 2.41 bits per heavy atom. The molecule has 2 rings (SSSR count). The Bertz CT molecular complexity index is 405. The summed E-state index contributed by atoms with van der Waals surface area (Å²) in [6.07, 6.45) is 3.28. The maximum absolute atomic E-state index is 12.4. The van der Waals surface area contributed by atoms with Crippen LogP contribution in [-0.4, -0.2) is 29.4 Å². The van der Waals surface area contributed by atoms with Gasteiger partial charge in [-0.25, -0.2) is 0 Å². The lowest BCUT2D eigenvalue weighted by Gasteiger charge is -2.37. The van der Waals surface area contributed by atoms with Crippen molar-refractivity contribution >= 4 is 33.2 Å². The highest BCUT2D eigenvalue weighted by Crippen LogP contribution is 2.25. The molecule has 1 saturated heterocycles. The van der Waals surface area contributed by atoms with E-state index in [1.807, 2.05) is 23.3 Å². The van der Waals surface area contributed by atoms with Crippen LogP contribution in [0.15, 0.2) is 15.2 Å². The van der Waals surface area contributed by atoms with Gasteiger partial charge in [0.25, 0.3) is 5.91 Å². The monoisotopic (exact) mass is 316 g/mol. The van der Waals surface area contributed by atoms with E-state index in [1.165, 1.54) is 6.42 Å². The number of hydrogen-bond donors (Lipinski definition) is 1. The van der Waals surface area contributed by atoms with Crippen molar-refractivity contribution in [3.63, 3.8) is 0 Å². The highest BCUT2D eigenvalue weighted by molar-refractivity contribution is 9.11. The predicted octanol–water partition coefficient (Wildman–Crippen LogP) is 2.85. The average molecular weight is 317 g/mol. The first-order valence-electron chi connectivity index (χ1n) is 5.90. The fourth-order valence-electron chi connectivity index (χ4n) is 2.34. The summed E-state index contributed by atoms with van der Waals surface area (Å²) in [5, 5.41) is 1.90. The number of carbonyl (C=O) groups excluding carboxylic acids is 1. The van der Waals surface area contributed by atoms with Gasteiger partial charge in [0.1, 0.15) is 0 Å². The lowest BCUT2D eigenvalue weighted by atomic mass is 9.96. The molecule has 0 aliphatic carbocycles. The molecule has 1 aliphatic heterocycles. The summed E-state index contributed by atoms with van der Waals surface area (Å²) < 4.78 is 0.996. The van der Waals surface area contributed by atoms with E-state index in [1.54, 1.807) is 11.3 Å². The smallest absolute Gasteiger partial charge is 0.255 e. The normalized spacial score (nSPS) is 22.5. The van der Waals surface area contributed by atoms with E-state index in [0.29, 0.717) is 0 Å². The zero-order valence-electron chi connectivity index (χ0n) is 9.86. The standard InChI is InChI=1S/C12H17BrN2OS/c1-8(14)10-4-2-3-5-15(10)12(16)9-6-11(13)17-7-9/h6-8,10H,2-5,14H2,1H3/t8-,10-/m1/s1. The Morgan fingerprint density at radius 1 is 1.65 bits per heavy atom. The molecule has 0 spiro atoms. The van der Waals surface area contributed by atoms with E-state index < -0.39 is 0 Å². The summed E-state index contributed by atoms with van der Waals surface area (Å²) in [6, 6.07) is 2.12. The Labute approximate surface area is 114 Å². The summed E-state index contributed by atoms with van der Waals surface area (Å²) in [5.41, 5.74) is 6.75. The highest BCUT2D eigenvalue weighted by atomic mass is 79.9. The summed E-state index contributed by atoms with van der Waals surface area (Å²) in [5.74, 6) is 0.119. The molecule has 2 N–H and O–H groups in total. The first kappa shape index (κ1) is 13.1. The van der Waals surface area contributed by atoms with Crippen LogP contribution in [0.5, 0.6) is 0 Å². The molecule has 2 heterocycles. The third-order valence-corrected chi connectivity index (χ3v) is 4.74. The number of amides is 1. The molecule has 1 aromatic heterocycles. The molecule has 0 saturated carbocycles. The molecular formula is C12H17BrN2OS. The van der Waals surface area contributed by atoms with Crippen molar-refractivity contribution in [1.29, 1.82) is 0 Å².